The second kappa shape index (κ2) is 9.00. The van der Waals surface area contributed by atoms with Crippen molar-refractivity contribution in [2.75, 3.05) is 23.3 Å². The Kier molecular flexibility index (Phi) is 6.04. The average Bonchev–Trinajstić information content (AvgIpc) is 2.83. The molecule has 2 aromatic heterocycles. The molecule has 2 fully saturated rings. The second-order valence-electron chi connectivity index (χ2n) is 10.2. The fourth-order valence-electron chi connectivity index (χ4n) is 5.02. The number of hydrogen-bond donors (Lipinski definition) is 3. The van der Waals surface area contributed by atoms with Gasteiger partial charge in [-0.3, -0.25) is 4.79 Å². The molecule has 1 saturated carbocycles. The number of piperidine rings is 1. The third-order valence-electron chi connectivity index (χ3n) is 7.38. The van der Waals surface area contributed by atoms with Crippen LogP contribution in [0.5, 0.6) is 0 Å². The van der Waals surface area contributed by atoms with Crippen LogP contribution in [0.25, 0.3) is 22.2 Å². The van der Waals surface area contributed by atoms with E-state index >= 15 is 0 Å². The Labute approximate surface area is 199 Å². The van der Waals surface area contributed by atoms with E-state index in [4.69, 9.17) is 10.7 Å². The lowest BCUT2D eigenvalue weighted by atomic mass is 9.92. The van der Waals surface area contributed by atoms with Crippen molar-refractivity contribution >= 4 is 22.4 Å². The number of nitrogens with one attached hydrogen (secondary N) is 1. The Morgan fingerprint density at radius 2 is 1.79 bits per heavy atom. The first kappa shape index (κ1) is 22.8. The molecule has 5 rings (SSSR count). The molecule has 4 N–H and O–H groups in total. The molecule has 8 nitrogen and oxygen atoms in total. The predicted octanol–water partition coefficient (Wildman–Crippen LogP) is 3.03. The number of rotatable bonds is 4. The van der Waals surface area contributed by atoms with Gasteiger partial charge >= 0.3 is 0 Å². The molecule has 0 atom stereocenters. The number of anilines is 2. The van der Waals surface area contributed by atoms with Crippen LogP contribution < -0.4 is 21.5 Å². The van der Waals surface area contributed by atoms with Crippen LogP contribution in [0.1, 0.15) is 45.4 Å². The maximum Gasteiger partial charge on any atom is 0.264 e. The smallest absolute Gasteiger partial charge is 0.264 e. The Hall–Kier alpha value is -2.97. The van der Waals surface area contributed by atoms with E-state index in [2.05, 4.69) is 39.5 Å². The first-order valence-corrected chi connectivity index (χ1v) is 12.3. The lowest BCUT2D eigenvalue weighted by molar-refractivity contribution is 0.0351. The molecule has 0 amide bonds. The van der Waals surface area contributed by atoms with E-state index in [1.807, 2.05) is 13.0 Å². The maximum atomic E-state index is 13.0. The van der Waals surface area contributed by atoms with Crippen LogP contribution in [0.4, 0.5) is 11.5 Å². The Morgan fingerprint density at radius 1 is 1.12 bits per heavy atom. The zero-order valence-electron chi connectivity index (χ0n) is 20.0. The molecule has 1 aliphatic heterocycles. The third kappa shape index (κ3) is 4.65. The molecule has 1 aliphatic carbocycles. The largest absolute Gasteiger partial charge is 0.390 e. The van der Waals surface area contributed by atoms with Gasteiger partial charge in [0.15, 0.2) is 0 Å². The quantitative estimate of drug-likeness (QED) is 0.547. The van der Waals surface area contributed by atoms with Crippen molar-refractivity contribution in [3.63, 3.8) is 0 Å². The van der Waals surface area contributed by atoms with Gasteiger partial charge in [0.2, 0.25) is 0 Å². The minimum Gasteiger partial charge on any atom is -0.390 e. The molecule has 0 spiro atoms. The molecule has 1 aromatic carbocycles. The number of aromatic nitrogens is 3. The molecule has 3 heterocycles. The molecule has 3 aromatic rings. The summed E-state index contributed by atoms with van der Waals surface area (Å²) in [5.41, 5.74) is 8.97. The van der Waals surface area contributed by atoms with Crippen LogP contribution in [0.15, 0.2) is 41.5 Å². The lowest BCUT2D eigenvalue weighted by Gasteiger charge is -2.37. The minimum atomic E-state index is -0.567. The van der Waals surface area contributed by atoms with Crippen molar-refractivity contribution in [2.45, 2.75) is 63.1 Å². The van der Waals surface area contributed by atoms with Crippen molar-refractivity contribution in [3.8, 4) is 11.3 Å². The zero-order chi connectivity index (χ0) is 23.9. The highest BCUT2D eigenvalue weighted by Crippen LogP contribution is 2.30. The van der Waals surface area contributed by atoms with Crippen LogP contribution in [0, 0.1) is 0 Å². The maximum absolute atomic E-state index is 13.0. The highest BCUT2D eigenvalue weighted by Gasteiger charge is 2.27. The Bertz CT molecular complexity index is 1220. The SMILES string of the molecule is Cn1cnc2cc(-c3ccc(N4CCC(C)(O)CC4)cc3)nc(N[C@H]3CC[C@@H](N)CC3)c2c1=O. The number of aryl methyl sites for hydroxylation is 1. The summed E-state index contributed by atoms with van der Waals surface area (Å²) < 4.78 is 1.50. The highest BCUT2D eigenvalue weighted by atomic mass is 16.3. The van der Waals surface area contributed by atoms with Crippen molar-refractivity contribution in [2.24, 2.45) is 12.8 Å². The van der Waals surface area contributed by atoms with Crippen LogP contribution in [0.3, 0.4) is 0 Å². The van der Waals surface area contributed by atoms with Crippen molar-refractivity contribution < 1.29 is 5.11 Å². The summed E-state index contributed by atoms with van der Waals surface area (Å²) in [6.07, 6.45) is 6.97. The number of hydrogen-bond acceptors (Lipinski definition) is 7. The fraction of sp³-hybridized carbons (Fsp3) is 0.500. The molecule has 0 bridgehead atoms. The van der Waals surface area contributed by atoms with Gasteiger partial charge in [0, 0.05) is 43.5 Å². The summed E-state index contributed by atoms with van der Waals surface area (Å²) in [6.45, 7) is 3.59. The standard InChI is InChI=1S/C26H34N6O2/c1-26(34)11-13-32(14-12-26)20-9-3-17(4-10-20)21-15-22-23(25(33)31(2)16-28-22)24(30-21)29-19-7-5-18(27)6-8-19/h3-4,9-10,15-16,18-19,34H,5-8,11-14,27H2,1-2H3,(H,29,30)/t18-,19+. The van der Waals surface area contributed by atoms with Gasteiger partial charge in [0.1, 0.15) is 11.2 Å². The van der Waals surface area contributed by atoms with E-state index in [1.165, 1.54) is 4.57 Å². The molecule has 34 heavy (non-hydrogen) atoms. The molecule has 8 heteroatoms. The first-order chi connectivity index (χ1) is 16.3. The van der Waals surface area contributed by atoms with Crippen molar-refractivity contribution in [1.82, 2.24) is 14.5 Å². The van der Waals surface area contributed by atoms with Crippen LogP contribution in [0.2, 0.25) is 0 Å². The van der Waals surface area contributed by atoms with Gasteiger partial charge in [-0.05, 0) is 63.6 Å². The number of pyridine rings is 1. The van der Waals surface area contributed by atoms with Crippen LogP contribution in [-0.4, -0.2) is 50.4 Å². The Balaban J connectivity index is 1.46. The van der Waals surface area contributed by atoms with E-state index in [0.717, 1.165) is 68.6 Å². The summed E-state index contributed by atoms with van der Waals surface area (Å²) >= 11 is 0. The van der Waals surface area contributed by atoms with Gasteiger partial charge in [0.25, 0.3) is 5.56 Å². The summed E-state index contributed by atoms with van der Waals surface area (Å²) in [5.74, 6) is 0.601. The number of benzene rings is 1. The topological polar surface area (TPSA) is 109 Å². The molecule has 1 saturated heterocycles. The van der Waals surface area contributed by atoms with Gasteiger partial charge in [0.05, 0.1) is 23.1 Å². The number of nitrogens with zero attached hydrogens (tertiary/aromatic N) is 4. The zero-order valence-corrected chi connectivity index (χ0v) is 20.0. The van der Waals surface area contributed by atoms with Gasteiger partial charge in [-0.15, -0.1) is 0 Å². The number of nitrogens with two attached hydrogens (primary N) is 1. The summed E-state index contributed by atoms with van der Waals surface area (Å²) in [6, 6.07) is 10.7. The van der Waals surface area contributed by atoms with Gasteiger partial charge in [-0.1, -0.05) is 12.1 Å². The fourth-order valence-corrected chi connectivity index (χ4v) is 5.02. The van der Waals surface area contributed by atoms with E-state index in [-0.39, 0.29) is 17.6 Å². The van der Waals surface area contributed by atoms with Gasteiger partial charge in [-0.2, -0.15) is 0 Å². The van der Waals surface area contributed by atoms with Crippen molar-refractivity contribution in [1.29, 1.82) is 0 Å². The van der Waals surface area contributed by atoms with Gasteiger partial charge < -0.3 is 25.6 Å². The average molecular weight is 463 g/mol. The molecule has 0 unspecified atom stereocenters. The van der Waals surface area contributed by atoms with Crippen LogP contribution in [-0.2, 0) is 7.05 Å². The van der Waals surface area contributed by atoms with E-state index in [9.17, 15) is 9.90 Å². The number of fused-ring (bicyclic) bond motifs is 1. The predicted molar refractivity (Wildman–Crippen MR) is 136 cm³/mol. The van der Waals surface area contributed by atoms with E-state index < -0.39 is 5.60 Å². The summed E-state index contributed by atoms with van der Waals surface area (Å²) in [4.78, 5) is 24.7. The molecule has 2 aliphatic rings. The third-order valence-corrected chi connectivity index (χ3v) is 7.38. The van der Waals surface area contributed by atoms with E-state index in [1.54, 1.807) is 13.4 Å². The first-order valence-electron chi connectivity index (χ1n) is 12.3. The van der Waals surface area contributed by atoms with Crippen molar-refractivity contribution in [3.05, 3.63) is 47.0 Å². The monoisotopic (exact) mass is 462 g/mol. The van der Waals surface area contributed by atoms with Crippen LogP contribution >= 0.6 is 0 Å². The van der Waals surface area contributed by atoms with E-state index in [0.29, 0.717) is 16.7 Å². The van der Waals surface area contributed by atoms with Gasteiger partial charge in [-0.25, -0.2) is 9.97 Å². The molecular formula is C26H34N6O2. The molecule has 0 radical (unpaired) electrons. The minimum absolute atomic E-state index is 0.101. The lowest BCUT2D eigenvalue weighted by Crippen LogP contribution is -2.42. The molecular weight excluding hydrogens is 428 g/mol. The highest BCUT2D eigenvalue weighted by molar-refractivity contribution is 5.91. The normalized spacial score (nSPS) is 22.6. The summed E-state index contributed by atoms with van der Waals surface area (Å²) in [5, 5.41) is 14.3. The molecule has 180 valence electrons. The number of aliphatic hydroxyl groups is 1. The summed E-state index contributed by atoms with van der Waals surface area (Å²) in [7, 11) is 1.71. The Morgan fingerprint density at radius 3 is 2.47 bits per heavy atom. The second-order valence-corrected chi connectivity index (χ2v) is 10.2.